The van der Waals surface area contributed by atoms with Gasteiger partial charge in [0.05, 0.1) is 18.7 Å². The molecule has 4 rings (SSSR count). The van der Waals surface area contributed by atoms with E-state index in [0.717, 1.165) is 34.5 Å². The van der Waals surface area contributed by atoms with Gasteiger partial charge in [-0.05, 0) is 63.3 Å². The Morgan fingerprint density at radius 3 is 2.51 bits per heavy atom. The lowest BCUT2D eigenvalue weighted by Crippen LogP contribution is -2.68. The summed E-state index contributed by atoms with van der Waals surface area (Å²) in [5, 5.41) is 0. The molecule has 0 aromatic heterocycles. The van der Waals surface area contributed by atoms with Gasteiger partial charge in [-0.2, -0.15) is 0 Å². The van der Waals surface area contributed by atoms with Crippen LogP contribution in [0.15, 0.2) is 36.4 Å². The van der Waals surface area contributed by atoms with Crippen LogP contribution in [-0.4, -0.2) is 52.8 Å². The first-order valence-corrected chi connectivity index (χ1v) is 13.1. The normalized spacial score (nSPS) is 18.0. The van der Waals surface area contributed by atoms with Gasteiger partial charge in [-0.3, -0.25) is 14.4 Å². The Balaban J connectivity index is 1.49. The number of ether oxygens (including phenoxy) is 1. The lowest BCUT2D eigenvalue weighted by molar-refractivity contribution is -0.164. The van der Waals surface area contributed by atoms with Gasteiger partial charge in [0, 0.05) is 32.6 Å². The van der Waals surface area contributed by atoms with Crippen LogP contribution in [0.1, 0.15) is 60.9 Å². The van der Waals surface area contributed by atoms with E-state index >= 15 is 0 Å². The highest BCUT2D eigenvalue weighted by atomic mass is 16.5. The van der Waals surface area contributed by atoms with E-state index in [9.17, 15) is 14.4 Å². The number of aryl methyl sites for hydroxylation is 2. The lowest BCUT2D eigenvalue weighted by atomic mass is 9.84. The molecular formula is C29H38N4O4. The number of esters is 1. The predicted octanol–water partition coefficient (Wildman–Crippen LogP) is 3.64. The Hall–Kier alpha value is -3.39. The van der Waals surface area contributed by atoms with Gasteiger partial charge in [-0.15, -0.1) is 0 Å². The number of nitrogens with zero attached hydrogens (tertiary/aromatic N) is 2. The van der Waals surface area contributed by atoms with Crippen molar-refractivity contribution in [1.82, 2.24) is 15.2 Å². The van der Waals surface area contributed by atoms with Crippen LogP contribution in [0.5, 0.6) is 0 Å². The minimum Gasteiger partial charge on any atom is -0.466 e. The van der Waals surface area contributed by atoms with E-state index < -0.39 is 5.54 Å². The molecule has 0 aliphatic carbocycles. The maximum atomic E-state index is 14.0. The number of hydrogen-bond acceptors (Lipinski definition) is 6. The van der Waals surface area contributed by atoms with Crippen molar-refractivity contribution in [2.75, 3.05) is 25.1 Å². The first-order chi connectivity index (χ1) is 17.7. The van der Waals surface area contributed by atoms with Crippen LogP contribution in [0.4, 0.5) is 5.69 Å². The fraction of sp³-hybridized carbons (Fsp3) is 0.483. The molecule has 0 spiro atoms. The van der Waals surface area contributed by atoms with Gasteiger partial charge in [-0.1, -0.05) is 41.5 Å². The Morgan fingerprint density at radius 1 is 1.08 bits per heavy atom. The number of likely N-dealkylation sites (tertiary alicyclic amines) is 1. The molecule has 2 aliphatic heterocycles. The third-order valence-corrected chi connectivity index (χ3v) is 7.27. The van der Waals surface area contributed by atoms with Crippen LogP contribution in [0, 0.1) is 13.8 Å². The zero-order chi connectivity index (χ0) is 26.6. The molecule has 2 aliphatic rings. The molecular weight excluding hydrogens is 468 g/mol. The van der Waals surface area contributed by atoms with E-state index in [-0.39, 0.29) is 30.6 Å². The molecule has 0 radical (unpaired) electrons. The molecule has 1 atom stereocenters. The molecule has 1 saturated heterocycles. The van der Waals surface area contributed by atoms with Crippen LogP contribution in [0.2, 0.25) is 0 Å². The van der Waals surface area contributed by atoms with Gasteiger partial charge in [0.2, 0.25) is 11.8 Å². The van der Waals surface area contributed by atoms with Crippen LogP contribution in [-0.2, 0) is 38.6 Å². The molecule has 1 unspecified atom stereocenters. The number of nitrogens with one attached hydrogen (secondary N) is 2. The summed E-state index contributed by atoms with van der Waals surface area (Å²) < 4.78 is 5.06. The monoisotopic (exact) mass is 506 g/mol. The fourth-order valence-electron chi connectivity index (χ4n) is 5.31. The molecule has 2 aromatic rings. The smallest absolute Gasteiger partial charge is 0.305 e. The van der Waals surface area contributed by atoms with E-state index in [1.807, 2.05) is 45.0 Å². The first kappa shape index (κ1) is 26.7. The number of hydrazine groups is 1. The molecule has 2 N–H and O–H groups in total. The van der Waals surface area contributed by atoms with Gasteiger partial charge in [-0.25, -0.2) is 5.43 Å². The fourth-order valence-corrected chi connectivity index (χ4v) is 5.31. The summed E-state index contributed by atoms with van der Waals surface area (Å²) in [5.41, 5.74) is 11.8. The predicted molar refractivity (Wildman–Crippen MR) is 143 cm³/mol. The van der Waals surface area contributed by atoms with Crippen molar-refractivity contribution < 1.29 is 19.1 Å². The van der Waals surface area contributed by atoms with E-state index in [1.165, 1.54) is 5.56 Å². The number of rotatable bonds is 10. The van der Waals surface area contributed by atoms with E-state index in [2.05, 4.69) is 23.0 Å². The Morgan fingerprint density at radius 2 is 1.84 bits per heavy atom. The average Bonchev–Trinajstić information content (AvgIpc) is 3.29. The largest absolute Gasteiger partial charge is 0.466 e. The maximum Gasteiger partial charge on any atom is 0.305 e. The second kappa shape index (κ2) is 11.3. The molecule has 1 fully saturated rings. The summed E-state index contributed by atoms with van der Waals surface area (Å²) in [4.78, 5) is 42.7. The van der Waals surface area contributed by atoms with E-state index in [1.54, 1.807) is 16.7 Å². The topological polar surface area (TPSA) is 91.0 Å². The summed E-state index contributed by atoms with van der Waals surface area (Å²) in [6.07, 6.45) is 1.65. The van der Waals surface area contributed by atoms with Gasteiger partial charge in [0.25, 0.3) is 0 Å². The SMILES string of the molecule is CCOC(=O)CCCN(Cc1ccc2c(c1)NNC2)C(=O)C1(C)CCN1C(=O)Cc1cc(C)cc(C)c1. The second-order valence-electron chi connectivity index (χ2n) is 10.3. The van der Waals surface area contributed by atoms with Crippen molar-refractivity contribution in [3.05, 3.63) is 64.2 Å². The quantitative estimate of drug-likeness (QED) is 0.478. The third kappa shape index (κ3) is 6.13. The molecule has 2 amide bonds. The van der Waals surface area contributed by atoms with Crippen molar-refractivity contribution in [3.63, 3.8) is 0 Å². The van der Waals surface area contributed by atoms with Gasteiger partial charge >= 0.3 is 5.97 Å². The number of benzene rings is 2. The van der Waals surface area contributed by atoms with Crippen molar-refractivity contribution in [1.29, 1.82) is 0 Å². The molecule has 2 aromatic carbocycles. The molecule has 198 valence electrons. The third-order valence-electron chi connectivity index (χ3n) is 7.27. The number of fused-ring (bicyclic) bond motifs is 1. The molecule has 0 saturated carbocycles. The number of anilines is 1. The van der Waals surface area contributed by atoms with Gasteiger partial charge in [0.15, 0.2) is 0 Å². The number of carbonyl (C=O) groups excluding carboxylic acids is 3. The summed E-state index contributed by atoms with van der Waals surface area (Å²) >= 11 is 0. The number of carbonyl (C=O) groups is 3. The molecule has 8 heteroatoms. The number of hydrogen-bond donors (Lipinski definition) is 2. The number of amides is 2. The summed E-state index contributed by atoms with van der Waals surface area (Å²) in [5.74, 6) is -0.378. The van der Waals surface area contributed by atoms with Crippen LogP contribution < -0.4 is 10.9 Å². The second-order valence-corrected chi connectivity index (χ2v) is 10.3. The Labute approximate surface area is 219 Å². The summed E-state index contributed by atoms with van der Waals surface area (Å²) in [6.45, 7) is 10.2. The molecule has 0 bridgehead atoms. The highest BCUT2D eigenvalue weighted by Crippen LogP contribution is 2.34. The Kier molecular flexibility index (Phi) is 8.17. The van der Waals surface area contributed by atoms with Crippen LogP contribution in [0.25, 0.3) is 0 Å². The lowest BCUT2D eigenvalue weighted by Gasteiger charge is -2.51. The minimum atomic E-state index is -0.892. The first-order valence-electron chi connectivity index (χ1n) is 13.1. The summed E-state index contributed by atoms with van der Waals surface area (Å²) in [7, 11) is 0. The summed E-state index contributed by atoms with van der Waals surface area (Å²) in [6, 6.07) is 12.3. The van der Waals surface area contributed by atoms with E-state index in [0.29, 0.717) is 39.1 Å². The van der Waals surface area contributed by atoms with Crippen molar-refractivity contribution in [3.8, 4) is 0 Å². The zero-order valence-electron chi connectivity index (χ0n) is 22.4. The van der Waals surface area contributed by atoms with Crippen LogP contribution >= 0.6 is 0 Å². The van der Waals surface area contributed by atoms with Gasteiger partial charge < -0.3 is 20.0 Å². The van der Waals surface area contributed by atoms with Crippen molar-refractivity contribution in [2.24, 2.45) is 0 Å². The Bertz CT molecular complexity index is 1160. The van der Waals surface area contributed by atoms with Crippen LogP contribution in [0.3, 0.4) is 0 Å². The zero-order valence-corrected chi connectivity index (χ0v) is 22.4. The highest BCUT2D eigenvalue weighted by Gasteiger charge is 2.50. The van der Waals surface area contributed by atoms with Gasteiger partial charge in [0.1, 0.15) is 5.54 Å². The van der Waals surface area contributed by atoms with Crippen molar-refractivity contribution >= 4 is 23.5 Å². The molecule has 2 heterocycles. The molecule has 8 nitrogen and oxygen atoms in total. The van der Waals surface area contributed by atoms with E-state index in [4.69, 9.17) is 4.74 Å². The van der Waals surface area contributed by atoms with Crippen molar-refractivity contribution in [2.45, 2.75) is 72.0 Å². The average molecular weight is 507 g/mol. The maximum absolute atomic E-state index is 14.0. The molecule has 37 heavy (non-hydrogen) atoms. The minimum absolute atomic E-state index is 0.0358. The highest BCUT2D eigenvalue weighted by molar-refractivity contribution is 5.93. The standard InChI is InChI=1S/C29H38N4O4/c1-5-37-27(35)7-6-11-32(19-22-8-9-24-18-30-31-25(24)16-22)28(36)29(4)10-12-33(29)26(34)17-23-14-20(2)13-21(3)15-23/h8-9,13-16,30-31H,5-7,10-12,17-19H2,1-4H3.